The molecule has 1 aromatic carbocycles. The van der Waals surface area contributed by atoms with Gasteiger partial charge in [-0.3, -0.25) is 14.5 Å². The predicted octanol–water partition coefficient (Wildman–Crippen LogP) is 1.44. The smallest absolute Gasteiger partial charge is 0.290 e. The van der Waals surface area contributed by atoms with Crippen LogP contribution < -0.4 is 0 Å². The number of carbonyl (C=O) groups excluding carboxylic acids is 2. The van der Waals surface area contributed by atoms with Crippen LogP contribution in [0, 0.1) is 5.82 Å². The van der Waals surface area contributed by atoms with Crippen molar-refractivity contribution in [2.45, 2.75) is 13.0 Å². The fourth-order valence-corrected chi connectivity index (χ4v) is 3.31. The Bertz CT molecular complexity index is 696. The maximum absolute atomic E-state index is 13.2. The minimum atomic E-state index is -0.688. The molecule has 1 N–H and O–H groups in total. The summed E-state index contributed by atoms with van der Waals surface area (Å²) in [7, 11) is 0. The molecule has 25 heavy (non-hydrogen) atoms. The van der Waals surface area contributed by atoms with Crippen molar-refractivity contribution in [1.29, 1.82) is 0 Å². The van der Waals surface area contributed by atoms with Gasteiger partial charge in [0, 0.05) is 26.2 Å². The second-order valence-corrected chi connectivity index (χ2v) is 6.23. The molecule has 1 amide bonds. The first-order chi connectivity index (χ1) is 12.0. The molecule has 2 aliphatic rings. The SMILES string of the molecule is CC(=O)C1=C(O)C(=O)N(CCN2CCOCC2)[C@@H]1c1ccc(F)cc1. The molecule has 1 aromatic rings. The Morgan fingerprint density at radius 1 is 1.24 bits per heavy atom. The Hall–Kier alpha value is -2.25. The van der Waals surface area contributed by atoms with Crippen molar-refractivity contribution in [1.82, 2.24) is 9.80 Å². The van der Waals surface area contributed by atoms with E-state index in [-0.39, 0.29) is 11.4 Å². The van der Waals surface area contributed by atoms with E-state index in [9.17, 15) is 19.1 Å². The van der Waals surface area contributed by atoms with Crippen LogP contribution in [0.5, 0.6) is 0 Å². The van der Waals surface area contributed by atoms with E-state index in [1.54, 1.807) is 0 Å². The van der Waals surface area contributed by atoms with Gasteiger partial charge in [-0.1, -0.05) is 12.1 Å². The minimum absolute atomic E-state index is 0.0681. The molecule has 0 aromatic heterocycles. The summed E-state index contributed by atoms with van der Waals surface area (Å²) in [6.45, 7) is 5.16. The number of aliphatic hydroxyl groups excluding tert-OH is 1. The second kappa shape index (κ2) is 7.33. The van der Waals surface area contributed by atoms with Crippen LogP contribution >= 0.6 is 0 Å². The molecule has 134 valence electrons. The predicted molar refractivity (Wildman–Crippen MR) is 88.4 cm³/mol. The Labute approximate surface area is 145 Å². The maximum Gasteiger partial charge on any atom is 0.290 e. The summed E-state index contributed by atoms with van der Waals surface area (Å²) < 4.78 is 18.6. The van der Waals surface area contributed by atoms with Crippen LogP contribution in [0.1, 0.15) is 18.5 Å². The number of morpholine rings is 1. The zero-order chi connectivity index (χ0) is 18.0. The third kappa shape index (κ3) is 3.57. The van der Waals surface area contributed by atoms with Crippen LogP contribution in [0.2, 0.25) is 0 Å². The number of halogens is 1. The van der Waals surface area contributed by atoms with Crippen LogP contribution in [0.4, 0.5) is 4.39 Å². The van der Waals surface area contributed by atoms with Crippen molar-refractivity contribution in [3.8, 4) is 0 Å². The van der Waals surface area contributed by atoms with Crippen molar-refractivity contribution >= 4 is 11.7 Å². The number of benzene rings is 1. The number of Topliss-reactive ketones (excluding diaryl/α,β-unsaturated/α-hetero) is 1. The summed E-state index contributed by atoms with van der Waals surface area (Å²) in [5.74, 6) is -1.84. The second-order valence-electron chi connectivity index (χ2n) is 6.23. The Morgan fingerprint density at radius 2 is 1.88 bits per heavy atom. The number of amides is 1. The molecule has 7 heteroatoms. The Balaban J connectivity index is 1.85. The maximum atomic E-state index is 13.2. The lowest BCUT2D eigenvalue weighted by atomic mass is 9.97. The zero-order valence-corrected chi connectivity index (χ0v) is 14.1. The van der Waals surface area contributed by atoms with Crippen LogP contribution in [-0.2, 0) is 14.3 Å². The number of rotatable bonds is 5. The van der Waals surface area contributed by atoms with Crippen molar-refractivity contribution in [3.63, 3.8) is 0 Å². The summed E-state index contributed by atoms with van der Waals surface area (Å²) in [5, 5.41) is 10.2. The fraction of sp³-hybridized carbons (Fsp3) is 0.444. The van der Waals surface area contributed by atoms with Gasteiger partial charge in [-0.05, 0) is 24.6 Å². The number of ether oxygens (including phenoxy) is 1. The number of ketones is 1. The van der Waals surface area contributed by atoms with Gasteiger partial charge in [0.1, 0.15) is 5.82 Å². The first kappa shape index (κ1) is 17.6. The molecule has 1 fully saturated rings. The van der Waals surface area contributed by atoms with E-state index in [1.807, 2.05) is 0 Å². The first-order valence-corrected chi connectivity index (χ1v) is 8.29. The third-order valence-electron chi connectivity index (χ3n) is 4.63. The number of hydrogen-bond donors (Lipinski definition) is 1. The average Bonchev–Trinajstić information content (AvgIpc) is 2.86. The van der Waals surface area contributed by atoms with Crippen molar-refractivity contribution < 1.29 is 23.8 Å². The highest BCUT2D eigenvalue weighted by Gasteiger charge is 2.42. The third-order valence-corrected chi connectivity index (χ3v) is 4.63. The van der Waals surface area contributed by atoms with Crippen molar-refractivity contribution in [2.24, 2.45) is 0 Å². The van der Waals surface area contributed by atoms with E-state index in [4.69, 9.17) is 4.74 Å². The molecular formula is C18H21FN2O4. The topological polar surface area (TPSA) is 70.1 Å². The fourth-order valence-electron chi connectivity index (χ4n) is 3.31. The highest BCUT2D eigenvalue weighted by Crippen LogP contribution is 2.37. The Kier molecular flexibility index (Phi) is 5.15. The summed E-state index contributed by atoms with van der Waals surface area (Å²) in [5.41, 5.74) is 0.671. The average molecular weight is 348 g/mol. The lowest BCUT2D eigenvalue weighted by molar-refractivity contribution is -0.129. The van der Waals surface area contributed by atoms with Gasteiger partial charge in [0.25, 0.3) is 5.91 Å². The van der Waals surface area contributed by atoms with Gasteiger partial charge in [0.05, 0.1) is 24.8 Å². The monoisotopic (exact) mass is 348 g/mol. The molecular weight excluding hydrogens is 327 g/mol. The standard InChI is InChI=1S/C18H21FN2O4/c1-12(22)15-16(13-2-4-14(19)5-3-13)21(18(24)17(15)23)7-6-20-8-10-25-11-9-20/h2-5,16,23H,6-11H2,1H3/t16-/m1/s1. The minimum Gasteiger partial charge on any atom is -0.503 e. The van der Waals surface area contributed by atoms with Gasteiger partial charge >= 0.3 is 0 Å². The van der Waals surface area contributed by atoms with Gasteiger partial charge in [0.2, 0.25) is 0 Å². The van der Waals surface area contributed by atoms with E-state index in [1.165, 1.54) is 36.1 Å². The Morgan fingerprint density at radius 3 is 2.48 bits per heavy atom. The first-order valence-electron chi connectivity index (χ1n) is 8.29. The summed E-state index contributed by atoms with van der Waals surface area (Å²) in [6, 6.07) is 4.96. The van der Waals surface area contributed by atoms with Crippen LogP contribution in [-0.4, -0.2) is 66.0 Å². The van der Waals surface area contributed by atoms with E-state index < -0.39 is 23.5 Å². The number of hydrogen-bond acceptors (Lipinski definition) is 5. The molecule has 0 radical (unpaired) electrons. The number of aliphatic hydroxyl groups is 1. The van der Waals surface area contributed by atoms with Gasteiger partial charge in [-0.2, -0.15) is 0 Å². The summed E-state index contributed by atoms with van der Waals surface area (Å²) >= 11 is 0. The lowest BCUT2D eigenvalue weighted by Gasteiger charge is -2.31. The molecule has 0 unspecified atom stereocenters. The van der Waals surface area contributed by atoms with Crippen molar-refractivity contribution in [2.75, 3.05) is 39.4 Å². The van der Waals surface area contributed by atoms with E-state index in [2.05, 4.69) is 4.90 Å². The molecule has 6 nitrogen and oxygen atoms in total. The lowest BCUT2D eigenvalue weighted by Crippen LogP contribution is -2.43. The van der Waals surface area contributed by atoms with E-state index in [0.29, 0.717) is 31.9 Å². The molecule has 2 heterocycles. The van der Waals surface area contributed by atoms with Crippen LogP contribution in [0.15, 0.2) is 35.6 Å². The van der Waals surface area contributed by atoms with Crippen LogP contribution in [0.25, 0.3) is 0 Å². The van der Waals surface area contributed by atoms with Gasteiger partial charge in [0.15, 0.2) is 11.5 Å². The largest absolute Gasteiger partial charge is 0.503 e. The molecule has 1 atom stereocenters. The highest BCUT2D eigenvalue weighted by atomic mass is 19.1. The molecule has 0 saturated carbocycles. The van der Waals surface area contributed by atoms with Crippen molar-refractivity contribution in [3.05, 3.63) is 47.0 Å². The number of nitrogens with zero attached hydrogens (tertiary/aromatic N) is 2. The molecule has 0 spiro atoms. The molecule has 1 saturated heterocycles. The summed E-state index contributed by atoms with van der Waals surface area (Å²) in [6.07, 6.45) is 0. The normalized spacial score (nSPS) is 21.9. The van der Waals surface area contributed by atoms with Gasteiger partial charge in [-0.25, -0.2) is 4.39 Å². The zero-order valence-electron chi connectivity index (χ0n) is 14.1. The molecule has 0 aliphatic carbocycles. The number of carbonyl (C=O) groups is 2. The molecule has 2 aliphatic heterocycles. The van der Waals surface area contributed by atoms with E-state index >= 15 is 0 Å². The van der Waals surface area contributed by atoms with Gasteiger partial charge in [-0.15, -0.1) is 0 Å². The quantitative estimate of drug-likeness (QED) is 0.872. The van der Waals surface area contributed by atoms with E-state index in [0.717, 1.165) is 13.1 Å². The van der Waals surface area contributed by atoms with Gasteiger partial charge < -0.3 is 14.7 Å². The molecule has 3 rings (SSSR count). The molecule has 0 bridgehead atoms. The summed E-state index contributed by atoms with van der Waals surface area (Å²) in [4.78, 5) is 28.1. The highest BCUT2D eigenvalue weighted by molar-refractivity contribution is 6.08. The van der Waals surface area contributed by atoms with Crippen LogP contribution in [0.3, 0.4) is 0 Å².